The molecule has 0 atom stereocenters. The van der Waals surface area contributed by atoms with Gasteiger partial charge in [0, 0.05) is 12.4 Å². The molecular formula is C10H9N3O2. The van der Waals surface area contributed by atoms with Gasteiger partial charge in [-0.15, -0.1) is 0 Å². The summed E-state index contributed by atoms with van der Waals surface area (Å²) in [7, 11) is 1.52. The summed E-state index contributed by atoms with van der Waals surface area (Å²) in [5.74, 6) is -0.317. The van der Waals surface area contributed by atoms with Crippen LogP contribution in [0.15, 0.2) is 29.1 Å². The smallest absolute Gasteiger partial charge is 0.272 e. The van der Waals surface area contributed by atoms with Crippen LogP contribution in [0.2, 0.25) is 0 Å². The molecule has 0 aliphatic heterocycles. The van der Waals surface area contributed by atoms with Gasteiger partial charge in [-0.05, 0) is 6.07 Å². The van der Waals surface area contributed by atoms with Crippen molar-refractivity contribution in [3.05, 3.63) is 40.3 Å². The van der Waals surface area contributed by atoms with Crippen LogP contribution in [0, 0.1) is 0 Å². The van der Waals surface area contributed by atoms with Crippen molar-refractivity contribution in [2.45, 2.75) is 0 Å². The van der Waals surface area contributed by atoms with Crippen LogP contribution in [0.5, 0.6) is 0 Å². The molecule has 5 heteroatoms. The lowest BCUT2D eigenvalue weighted by molar-refractivity contribution is 0.0959. The molecule has 2 rings (SSSR count). The Bertz CT molecular complexity index is 574. The lowest BCUT2D eigenvalue weighted by atomic mass is 10.1. The first-order chi connectivity index (χ1) is 7.24. The van der Waals surface area contributed by atoms with E-state index in [4.69, 9.17) is 0 Å². The third-order valence-electron chi connectivity index (χ3n) is 2.14. The number of nitrogens with one attached hydrogen (secondary N) is 2. The fraction of sp³-hybridized carbons (Fsp3) is 0.100. The molecule has 1 heterocycles. The lowest BCUT2D eigenvalue weighted by Crippen LogP contribution is -2.22. The lowest BCUT2D eigenvalue weighted by Gasteiger charge is -2.02. The Morgan fingerprint density at radius 3 is 2.67 bits per heavy atom. The Morgan fingerprint density at radius 1 is 1.33 bits per heavy atom. The highest BCUT2D eigenvalue weighted by Crippen LogP contribution is 2.11. The molecule has 0 unspecified atom stereocenters. The number of hydrogen-bond donors (Lipinski definition) is 2. The molecule has 0 spiro atoms. The topological polar surface area (TPSA) is 74.8 Å². The number of carbonyl (C=O) groups excluding carboxylic acids is 1. The second kappa shape index (κ2) is 3.53. The van der Waals surface area contributed by atoms with Gasteiger partial charge in [0.15, 0.2) is 5.69 Å². The number of H-pyrrole nitrogens is 1. The summed E-state index contributed by atoms with van der Waals surface area (Å²) in [6, 6.07) is 6.85. The molecule has 0 fully saturated rings. The summed E-state index contributed by atoms with van der Waals surface area (Å²) in [6.45, 7) is 0. The van der Waals surface area contributed by atoms with Gasteiger partial charge in [0.05, 0.1) is 5.39 Å². The van der Waals surface area contributed by atoms with E-state index >= 15 is 0 Å². The number of hydrogen-bond acceptors (Lipinski definition) is 3. The van der Waals surface area contributed by atoms with Gasteiger partial charge in [0.1, 0.15) is 0 Å². The third kappa shape index (κ3) is 1.48. The Kier molecular flexibility index (Phi) is 2.21. The molecule has 5 nitrogen and oxygen atoms in total. The number of amides is 1. The van der Waals surface area contributed by atoms with Crippen LogP contribution in [0.4, 0.5) is 0 Å². The summed E-state index contributed by atoms with van der Waals surface area (Å²) in [5.41, 5.74) is -0.0639. The van der Waals surface area contributed by atoms with Crippen LogP contribution in [0.1, 0.15) is 10.5 Å². The van der Waals surface area contributed by atoms with Gasteiger partial charge in [-0.1, -0.05) is 18.2 Å². The predicted molar refractivity (Wildman–Crippen MR) is 55.8 cm³/mol. The first-order valence-electron chi connectivity index (χ1n) is 4.43. The minimum absolute atomic E-state index is 0.229. The van der Waals surface area contributed by atoms with Gasteiger partial charge in [-0.25, -0.2) is 5.10 Å². The quantitative estimate of drug-likeness (QED) is 0.699. The van der Waals surface area contributed by atoms with Crippen LogP contribution < -0.4 is 10.9 Å². The summed E-state index contributed by atoms with van der Waals surface area (Å²) in [6.07, 6.45) is 0. The van der Waals surface area contributed by atoms with Crippen molar-refractivity contribution in [2.75, 3.05) is 7.05 Å². The second-order valence-corrected chi connectivity index (χ2v) is 3.03. The summed E-state index contributed by atoms with van der Waals surface area (Å²) < 4.78 is 0. The van der Waals surface area contributed by atoms with E-state index in [1.165, 1.54) is 7.05 Å². The van der Waals surface area contributed by atoms with Crippen LogP contribution in [-0.4, -0.2) is 23.2 Å². The third-order valence-corrected chi connectivity index (χ3v) is 2.14. The zero-order valence-corrected chi connectivity index (χ0v) is 8.07. The van der Waals surface area contributed by atoms with Crippen LogP contribution >= 0.6 is 0 Å². The number of benzene rings is 1. The predicted octanol–water partition coefficient (Wildman–Crippen LogP) is 0.283. The van der Waals surface area contributed by atoms with Crippen molar-refractivity contribution in [1.82, 2.24) is 15.5 Å². The highest BCUT2D eigenvalue weighted by Gasteiger charge is 2.11. The number of aromatic nitrogens is 2. The maximum atomic E-state index is 11.4. The minimum Gasteiger partial charge on any atom is -0.354 e. The fourth-order valence-corrected chi connectivity index (χ4v) is 1.41. The van der Waals surface area contributed by atoms with Crippen LogP contribution in [-0.2, 0) is 0 Å². The van der Waals surface area contributed by atoms with E-state index in [9.17, 15) is 9.59 Å². The highest BCUT2D eigenvalue weighted by atomic mass is 16.2. The van der Waals surface area contributed by atoms with Gasteiger partial charge in [-0.3, -0.25) is 9.59 Å². The second-order valence-electron chi connectivity index (χ2n) is 3.03. The molecule has 0 bridgehead atoms. The zero-order chi connectivity index (χ0) is 10.8. The van der Waals surface area contributed by atoms with E-state index in [1.54, 1.807) is 24.3 Å². The Labute approximate surface area is 85.1 Å². The monoisotopic (exact) mass is 203 g/mol. The van der Waals surface area contributed by atoms with Crippen LogP contribution in [0.3, 0.4) is 0 Å². The largest absolute Gasteiger partial charge is 0.354 e. The summed E-state index contributed by atoms with van der Waals surface area (Å²) >= 11 is 0. The minimum atomic E-state index is -0.317. The van der Waals surface area contributed by atoms with Gasteiger partial charge in [0.2, 0.25) is 0 Å². The van der Waals surface area contributed by atoms with Crippen molar-refractivity contribution < 1.29 is 4.79 Å². The summed E-state index contributed by atoms with van der Waals surface area (Å²) in [5, 5.41) is 9.51. The maximum Gasteiger partial charge on any atom is 0.272 e. The Balaban J connectivity index is 2.83. The number of rotatable bonds is 1. The molecule has 0 saturated carbocycles. The van der Waals surface area contributed by atoms with Crippen molar-refractivity contribution in [2.24, 2.45) is 0 Å². The normalized spacial score (nSPS) is 10.2. The molecule has 0 saturated heterocycles. The Hall–Kier alpha value is -2.17. The van der Waals surface area contributed by atoms with E-state index in [1.807, 2.05) is 0 Å². The zero-order valence-electron chi connectivity index (χ0n) is 8.07. The molecule has 0 radical (unpaired) electrons. The first kappa shape index (κ1) is 9.39. The SMILES string of the molecule is CNC(=O)c1n[nH]c(=O)c2ccccc12. The van der Waals surface area contributed by atoms with Gasteiger partial charge >= 0.3 is 0 Å². The molecule has 1 aromatic heterocycles. The average molecular weight is 203 g/mol. The molecule has 1 amide bonds. The number of nitrogens with zero attached hydrogens (tertiary/aromatic N) is 1. The fourth-order valence-electron chi connectivity index (χ4n) is 1.41. The van der Waals surface area contributed by atoms with Gasteiger partial charge in [-0.2, -0.15) is 5.10 Å². The van der Waals surface area contributed by atoms with Crippen LogP contribution in [0.25, 0.3) is 10.8 Å². The summed E-state index contributed by atoms with van der Waals surface area (Å²) in [4.78, 5) is 22.8. The molecule has 0 aliphatic carbocycles. The molecule has 0 aliphatic rings. The molecular weight excluding hydrogens is 194 g/mol. The highest BCUT2D eigenvalue weighted by molar-refractivity contribution is 6.04. The van der Waals surface area contributed by atoms with Crippen molar-refractivity contribution >= 4 is 16.7 Å². The number of aromatic amines is 1. The van der Waals surface area contributed by atoms with E-state index in [0.717, 1.165) is 0 Å². The molecule has 2 aromatic rings. The maximum absolute atomic E-state index is 11.4. The number of carbonyl (C=O) groups is 1. The molecule has 76 valence electrons. The van der Waals surface area contributed by atoms with Gasteiger partial charge < -0.3 is 5.32 Å². The van der Waals surface area contributed by atoms with E-state index < -0.39 is 0 Å². The molecule has 2 N–H and O–H groups in total. The van der Waals surface area contributed by atoms with Crippen molar-refractivity contribution in [1.29, 1.82) is 0 Å². The first-order valence-corrected chi connectivity index (χ1v) is 4.43. The Morgan fingerprint density at radius 2 is 2.00 bits per heavy atom. The van der Waals surface area contributed by atoms with Crippen molar-refractivity contribution in [3.63, 3.8) is 0 Å². The van der Waals surface area contributed by atoms with Crippen molar-refractivity contribution in [3.8, 4) is 0 Å². The molecule has 1 aromatic carbocycles. The van der Waals surface area contributed by atoms with E-state index in [0.29, 0.717) is 10.8 Å². The van der Waals surface area contributed by atoms with E-state index in [-0.39, 0.29) is 17.2 Å². The number of fused-ring (bicyclic) bond motifs is 1. The van der Waals surface area contributed by atoms with E-state index in [2.05, 4.69) is 15.5 Å². The average Bonchev–Trinajstić information content (AvgIpc) is 2.29. The standard InChI is InChI=1S/C10H9N3O2/c1-11-10(15)8-6-4-2-3-5-7(6)9(14)13-12-8/h2-5H,1H3,(H,11,15)(H,13,14). The molecule has 15 heavy (non-hydrogen) atoms. The van der Waals surface area contributed by atoms with Gasteiger partial charge in [0.25, 0.3) is 11.5 Å².